The van der Waals surface area contributed by atoms with Gasteiger partial charge in [-0.2, -0.15) is 0 Å². The molecule has 0 aliphatic carbocycles. The van der Waals surface area contributed by atoms with Crippen LogP contribution in [0.5, 0.6) is 0 Å². The Morgan fingerprint density at radius 1 is 1.19 bits per heavy atom. The summed E-state index contributed by atoms with van der Waals surface area (Å²) in [6.07, 6.45) is 2.87. The molecule has 0 bridgehead atoms. The van der Waals surface area contributed by atoms with Gasteiger partial charge in [0.25, 0.3) is 0 Å². The van der Waals surface area contributed by atoms with Gasteiger partial charge in [0.15, 0.2) is 5.78 Å². The van der Waals surface area contributed by atoms with Crippen molar-refractivity contribution in [1.82, 2.24) is 0 Å². The lowest BCUT2D eigenvalue weighted by Gasteiger charge is -2.00. The minimum atomic E-state index is 0.148. The summed E-state index contributed by atoms with van der Waals surface area (Å²) in [4.78, 5) is 11.8. The van der Waals surface area contributed by atoms with Crippen molar-refractivity contribution in [2.45, 2.75) is 19.8 Å². The predicted molar refractivity (Wildman–Crippen MR) is 62.5 cm³/mol. The van der Waals surface area contributed by atoms with Crippen LogP contribution >= 0.6 is 0 Å². The van der Waals surface area contributed by atoms with Gasteiger partial charge in [0.05, 0.1) is 11.8 Å². The molecular formula is C14H14O2. The average Bonchev–Trinajstić information content (AvgIpc) is 2.74. The second-order valence-corrected chi connectivity index (χ2v) is 3.80. The third-order valence-electron chi connectivity index (χ3n) is 2.64. The van der Waals surface area contributed by atoms with E-state index in [2.05, 4.69) is 0 Å². The number of hydrogen-bond donors (Lipinski definition) is 0. The number of carbonyl (C=O) groups excluding carboxylic acids is 1. The topological polar surface area (TPSA) is 30.2 Å². The Morgan fingerprint density at radius 2 is 1.94 bits per heavy atom. The monoisotopic (exact) mass is 214 g/mol. The summed E-state index contributed by atoms with van der Waals surface area (Å²) >= 11 is 0. The van der Waals surface area contributed by atoms with Crippen molar-refractivity contribution >= 4 is 5.78 Å². The predicted octanol–water partition coefficient (Wildman–Crippen LogP) is 3.40. The normalized spacial score (nSPS) is 10.3. The van der Waals surface area contributed by atoms with E-state index in [-0.39, 0.29) is 5.78 Å². The summed E-state index contributed by atoms with van der Waals surface area (Å²) in [5.74, 6) is 0.855. The van der Waals surface area contributed by atoms with Gasteiger partial charge in [-0.05, 0) is 25.0 Å². The summed E-state index contributed by atoms with van der Waals surface area (Å²) in [6, 6.07) is 11.8. The third-order valence-corrected chi connectivity index (χ3v) is 2.64. The number of hydrogen-bond acceptors (Lipinski definition) is 2. The van der Waals surface area contributed by atoms with Crippen LogP contribution in [0.4, 0.5) is 0 Å². The highest BCUT2D eigenvalue weighted by Crippen LogP contribution is 2.13. The molecule has 1 aromatic carbocycles. The largest absolute Gasteiger partial charge is 0.469 e. The maximum Gasteiger partial charge on any atom is 0.166 e. The van der Waals surface area contributed by atoms with E-state index in [9.17, 15) is 4.79 Å². The van der Waals surface area contributed by atoms with Gasteiger partial charge in [-0.25, -0.2) is 0 Å². The molecule has 2 aromatic rings. The van der Waals surface area contributed by atoms with E-state index in [0.29, 0.717) is 17.7 Å². The number of rotatable bonds is 4. The van der Waals surface area contributed by atoms with Crippen LogP contribution in [0.3, 0.4) is 0 Å². The Hall–Kier alpha value is -1.83. The lowest BCUT2D eigenvalue weighted by atomic mass is 10.0. The van der Waals surface area contributed by atoms with E-state index in [1.165, 1.54) is 5.56 Å². The second-order valence-electron chi connectivity index (χ2n) is 3.80. The van der Waals surface area contributed by atoms with E-state index in [1.807, 2.05) is 37.3 Å². The molecule has 2 heteroatoms. The zero-order valence-corrected chi connectivity index (χ0v) is 9.27. The van der Waals surface area contributed by atoms with Crippen LogP contribution in [0.1, 0.15) is 28.1 Å². The van der Waals surface area contributed by atoms with Crippen LogP contribution in [-0.2, 0) is 6.42 Å². The van der Waals surface area contributed by atoms with Crippen molar-refractivity contribution in [3.63, 3.8) is 0 Å². The van der Waals surface area contributed by atoms with Crippen molar-refractivity contribution in [3.8, 4) is 0 Å². The first-order chi connectivity index (χ1) is 7.77. The minimum absolute atomic E-state index is 0.148. The molecule has 0 saturated carbocycles. The zero-order valence-electron chi connectivity index (χ0n) is 9.27. The first-order valence-corrected chi connectivity index (χ1v) is 5.38. The van der Waals surface area contributed by atoms with Crippen LogP contribution in [-0.4, -0.2) is 5.78 Å². The minimum Gasteiger partial charge on any atom is -0.469 e. The molecule has 0 atom stereocenters. The van der Waals surface area contributed by atoms with Crippen LogP contribution in [0.2, 0.25) is 0 Å². The molecular weight excluding hydrogens is 200 g/mol. The Labute approximate surface area is 94.9 Å². The first kappa shape index (κ1) is 10.7. The molecule has 0 fully saturated rings. The van der Waals surface area contributed by atoms with Gasteiger partial charge in [0.1, 0.15) is 5.76 Å². The molecule has 82 valence electrons. The first-order valence-electron chi connectivity index (χ1n) is 5.38. The van der Waals surface area contributed by atoms with E-state index >= 15 is 0 Å². The van der Waals surface area contributed by atoms with Crippen molar-refractivity contribution < 1.29 is 9.21 Å². The number of benzene rings is 1. The molecule has 0 saturated heterocycles. The van der Waals surface area contributed by atoms with E-state index in [4.69, 9.17) is 4.42 Å². The Balaban J connectivity index is 1.97. The quantitative estimate of drug-likeness (QED) is 0.730. The molecule has 2 nitrogen and oxygen atoms in total. The highest BCUT2D eigenvalue weighted by Gasteiger charge is 2.10. The molecule has 0 aliphatic heterocycles. The van der Waals surface area contributed by atoms with Gasteiger partial charge >= 0.3 is 0 Å². The zero-order chi connectivity index (χ0) is 11.4. The lowest BCUT2D eigenvalue weighted by Crippen LogP contribution is -2.01. The highest BCUT2D eigenvalue weighted by molar-refractivity contribution is 5.96. The highest BCUT2D eigenvalue weighted by atomic mass is 16.3. The number of carbonyl (C=O) groups is 1. The molecule has 0 radical (unpaired) electrons. The smallest absolute Gasteiger partial charge is 0.166 e. The maximum atomic E-state index is 11.8. The molecule has 1 heterocycles. The molecule has 0 N–H and O–H groups in total. The summed E-state index contributed by atoms with van der Waals surface area (Å²) in [6.45, 7) is 1.82. The summed E-state index contributed by atoms with van der Waals surface area (Å²) in [5.41, 5.74) is 1.90. The van der Waals surface area contributed by atoms with Gasteiger partial charge in [-0.3, -0.25) is 4.79 Å². The molecule has 0 aliphatic rings. The van der Waals surface area contributed by atoms with Gasteiger partial charge in [-0.1, -0.05) is 30.3 Å². The van der Waals surface area contributed by atoms with Crippen molar-refractivity contribution in [2.24, 2.45) is 0 Å². The SMILES string of the molecule is Cc1occc1C(=O)CCc1ccccc1. The fraction of sp³-hybridized carbons (Fsp3) is 0.214. The lowest BCUT2D eigenvalue weighted by molar-refractivity contribution is 0.0981. The molecule has 2 rings (SSSR count). The van der Waals surface area contributed by atoms with Gasteiger partial charge < -0.3 is 4.42 Å². The maximum absolute atomic E-state index is 11.8. The van der Waals surface area contributed by atoms with Gasteiger partial charge in [-0.15, -0.1) is 0 Å². The molecule has 0 unspecified atom stereocenters. The van der Waals surface area contributed by atoms with Gasteiger partial charge in [0.2, 0.25) is 0 Å². The molecule has 1 aromatic heterocycles. The Morgan fingerprint density at radius 3 is 2.56 bits per heavy atom. The van der Waals surface area contributed by atoms with Crippen LogP contribution < -0.4 is 0 Å². The fourth-order valence-electron chi connectivity index (χ4n) is 1.71. The summed E-state index contributed by atoms with van der Waals surface area (Å²) in [5, 5.41) is 0. The van der Waals surface area contributed by atoms with E-state index < -0.39 is 0 Å². The third kappa shape index (κ3) is 2.40. The average molecular weight is 214 g/mol. The van der Waals surface area contributed by atoms with Crippen LogP contribution in [0, 0.1) is 6.92 Å². The number of Topliss-reactive ketones (excluding diaryl/α,β-unsaturated/α-hetero) is 1. The second kappa shape index (κ2) is 4.79. The Kier molecular flexibility index (Phi) is 3.20. The Bertz CT molecular complexity index is 468. The van der Waals surface area contributed by atoms with E-state index in [0.717, 1.165) is 6.42 Å². The summed E-state index contributed by atoms with van der Waals surface area (Å²) in [7, 11) is 0. The number of furan rings is 1. The van der Waals surface area contributed by atoms with Crippen molar-refractivity contribution in [1.29, 1.82) is 0 Å². The van der Waals surface area contributed by atoms with Crippen LogP contribution in [0.15, 0.2) is 47.1 Å². The molecule has 0 spiro atoms. The van der Waals surface area contributed by atoms with Crippen molar-refractivity contribution in [2.75, 3.05) is 0 Å². The van der Waals surface area contributed by atoms with Gasteiger partial charge in [0, 0.05) is 6.42 Å². The van der Waals surface area contributed by atoms with Crippen LogP contribution in [0.25, 0.3) is 0 Å². The van der Waals surface area contributed by atoms with E-state index in [1.54, 1.807) is 12.3 Å². The van der Waals surface area contributed by atoms with Crippen molar-refractivity contribution in [3.05, 3.63) is 59.5 Å². The standard InChI is InChI=1S/C14H14O2/c1-11-13(9-10-16-11)14(15)8-7-12-5-3-2-4-6-12/h2-6,9-10H,7-8H2,1H3. The number of aryl methyl sites for hydroxylation is 2. The molecule has 16 heavy (non-hydrogen) atoms. The fourth-order valence-corrected chi connectivity index (χ4v) is 1.71. The molecule has 0 amide bonds. The summed E-state index contributed by atoms with van der Waals surface area (Å²) < 4.78 is 5.12. The number of ketones is 1.